The number of hydrogen-bond donors (Lipinski definition) is 1. The average Bonchev–Trinajstić information content (AvgIpc) is 2.76. The quantitative estimate of drug-likeness (QED) is 0.535. The number of amides is 1. The minimum atomic E-state index is -3.92. The Labute approximate surface area is 209 Å². The first kappa shape index (κ1) is 26.9. The minimum Gasteiger partial charge on any atom is -0.483 e. The molecule has 0 radical (unpaired) electrons. The smallest absolute Gasteiger partial charge is 0.318 e. The zero-order chi connectivity index (χ0) is 25.8. The number of carbonyl (C=O) groups is 2. The van der Waals surface area contributed by atoms with Gasteiger partial charge in [0.15, 0.2) is 16.4 Å². The lowest BCUT2D eigenvalue weighted by Gasteiger charge is -2.44. The standard InChI is InChI=1S/C24H28ClFN2O6S/c1-16-11-28(17(2)10-27(16)12-18-3-7-21(26)8-4-18)23(29)13-34-22-9-20(25)6-5-19(22)14-35(32,33)15-24(30)31/h3-9,16-17H,10-15H2,1-2H3,(H,30,31). The maximum atomic E-state index is 13.2. The summed E-state index contributed by atoms with van der Waals surface area (Å²) in [5, 5.41) is 9.11. The molecule has 2 unspecified atom stereocenters. The maximum absolute atomic E-state index is 13.2. The van der Waals surface area contributed by atoms with Crippen LogP contribution in [0.3, 0.4) is 0 Å². The van der Waals surface area contributed by atoms with E-state index in [4.69, 9.17) is 21.4 Å². The maximum Gasteiger partial charge on any atom is 0.318 e. The Morgan fingerprint density at radius 2 is 1.80 bits per heavy atom. The van der Waals surface area contributed by atoms with Gasteiger partial charge in [-0.3, -0.25) is 14.5 Å². The first-order valence-corrected chi connectivity index (χ1v) is 13.2. The highest BCUT2D eigenvalue weighted by Crippen LogP contribution is 2.26. The number of halogens is 2. The topological polar surface area (TPSA) is 104 Å². The van der Waals surface area contributed by atoms with Gasteiger partial charge in [-0.25, -0.2) is 12.8 Å². The van der Waals surface area contributed by atoms with Gasteiger partial charge in [0.1, 0.15) is 17.3 Å². The van der Waals surface area contributed by atoms with Crippen LogP contribution in [-0.2, 0) is 31.7 Å². The van der Waals surface area contributed by atoms with Crippen LogP contribution in [0, 0.1) is 5.82 Å². The summed E-state index contributed by atoms with van der Waals surface area (Å²) in [6.07, 6.45) is 0. The first-order chi connectivity index (χ1) is 16.4. The second-order valence-corrected chi connectivity index (χ2v) is 11.3. The van der Waals surface area contributed by atoms with Crippen LogP contribution < -0.4 is 4.74 Å². The molecule has 0 saturated carbocycles. The summed E-state index contributed by atoms with van der Waals surface area (Å²) in [4.78, 5) is 27.7. The van der Waals surface area contributed by atoms with E-state index in [2.05, 4.69) is 4.90 Å². The Bertz CT molecular complexity index is 1180. The number of carbonyl (C=O) groups excluding carboxylic acids is 1. The van der Waals surface area contributed by atoms with Gasteiger partial charge in [0.25, 0.3) is 5.91 Å². The molecule has 1 heterocycles. The summed E-state index contributed by atoms with van der Waals surface area (Å²) in [7, 11) is -3.92. The van der Waals surface area contributed by atoms with Crippen LogP contribution in [0.15, 0.2) is 42.5 Å². The number of piperazine rings is 1. The average molecular weight is 527 g/mol. The van der Waals surface area contributed by atoms with Crippen molar-refractivity contribution in [1.82, 2.24) is 9.80 Å². The van der Waals surface area contributed by atoms with Crippen LogP contribution in [0.1, 0.15) is 25.0 Å². The lowest BCUT2D eigenvalue weighted by atomic mass is 10.1. The predicted molar refractivity (Wildman–Crippen MR) is 130 cm³/mol. The molecule has 1 aliphatic rings. The number of benzene rings is 2. The fourth-order valence-electron chi connectivity index (χ4n) is 4.07. The van der Waals surface area contributed by atoms with Crippen LogP contribution in [0.25, 0.3) is 0 Å². The molecule has 1 saturated heterocycles. The van der Waals surface area contributed by atoms with Gasteiger partial charge in [0.2, 0.25) is 0 Å². The van der Waals surface area contributed by atoms with Crippen LogP contribution >= 0.6 is 11.6 Å². The van der Waals surface area contributed by atoms with Gasteiger partial charge in [-0.05, 0) is 43.7 Å². The third-order valence-electron chi connectivity index (χ3n) is 5.83. The number of rotatable bonds is 9. The molecule has 190 valence electrons. The minimum absolute atomic E-state index is 0.0584. The number of nitrogens with zero attached hydrogens (tertiary/aromatic N) is 2. The summed E-state index contributed by atoms with van der Waals surface area (Å²) in [6.45, 7) is 5.37. The van der Waals surface area contributed by atoms with Crippen molar-refractivity contribution in [3.05, 3.63) is 64.4 Å². The molecule has 2 aromatic rings. The Hall–Kier alpha value is -2.69. The molecule has 8 nitrogen and oxygen atoms in total. The number of ether oxygens (including phenoxy) is 1. The van der Waals surface area contributed by atoms with E-state index in [0.29, 0.717) is 24.7 Å². The van der Waals surface area contributed by atoms with E-state index >= 15 is 0 Å². The van der Waals surface area contributed by atoms with E-state index in [0.717, 1.165) is 5.56 Å². The highest BCUT2D eigenvalue weighted by Gasteiger charge is 2.32. The van der Waals surface area contributed by atoms with Gasteiger partial charge in [-0.2, -0.15) is 0 Å². The van der Waals surface area contributed by atoms with E-state index in [-0.39, 0.29) is 41.7 Å². The van der Waals surface area contributed by atoms with Gasteiger partial charge in [-0.1, -0.05) is 29.8 Å². The molecule has 1 amide bonds. The summed E-state index contributed by atoms with van der Waals surface area (Å²) in [6, 6.07) is 10.6. The van der Waals surface area contributed by atoms with Crippen molar-refractivity contribution in [3.63, 3.8) is 0 Å². The van der Waals surface area contributed by atoms with E-state index in [1.807, 2.05) is 13.8 Å². The molecule has 1 N–H and O–H groups in total. The molecule has 2 atom stereocenters. The van der Waals surface area contributed by atoms with Gasteiger partial charge < -0.3 is 14.7 Å². The zero-order valence-electron chi connectivity index (χ0n) is 19.5. The fourth-order valence-corrected chi connectivity index (χ4v) is 5.42. The van der Waals surface area contributed by atoms with E-state index in [1.54, 1.807) is 17.0 Å². The molecule has 35 heavy (non-hydrogen) atoms. The van der Waals surface area contributed by atoms with Crippen LogP contribution in [0.5, 0.6) is 5.75 Å². The van der Waals surface area contributed by atoms with Crippen LogP contribution in [0.4, 0.5) is 4.39 Å². The third-order valence-corrected chi connectivity index (χ3v) is 7.51. The summed E-state index contributed by atoms with van der Waals surface area (Å²) < 4.78 is 43.1. The molecule has 3 rings (SSSR count). The molecule has 0 aliphatic carbocycles. The van der Waals surface area contributed by atoms with Gasteiger partial charge in [0, 0.05) is 42.3 Å². The lowest BCUT2D eigenvalue weighted by molar-refractivity contribution is -0.139. The first-order valence-electron chi connectivity index (χ1n) is 11.0. The number of carboxylic acids is 1. The highest BCUT2D eigenvalue weighted by molar-refractivity contribution is 7.91. The monoisotopic (exact) mass is 526 g/mol. The Kier molecular flexibility index (Phi) is 8.74. The number of aliphatic carboxylic acids is 1. The predicted octanol–water partition coefficient (Wildman–Crippen LogP) is 2.98. The SMILES string of the molecule is CC1CN(C(=O)COc2cc(Cl)ccc2CS(=O)(=O)CC(=O)O)C(C)CN1Cc1ccc(F)cc1. The Balaban J connectivity index is 1.63. The number of carboxylic acid groups (broad SMARTS) is 1. The van der Waals surface area contributed by atoms with Gasteiger partial charge in [0.05, 0.1) is 5.75 Å². The lowest BCUT2D eigenvalue weighted by Crippen LogP contribution is -2.58. The van der Waals surface area contributed by atoms with Crippen molar-refractivity contribution in [2.75, 3.05) is 25.4 Å². The van der Waals surface area contributed by atoms with Crippen molar-refractivity contribution < 1.29 is 32.2 Å². The Morgan fingerprint density at radius 1 is 1.11 bits per heavy atom. The van der Waals surface area contributed by atoms with E-state index in [9.17, 15) is 22.4 Å². The Morgan fingerprint density at radius 3 is 2.46 bits per heavy atom. The second-order valence-electron chi connectivity index (χ2n) is 8.77. The number of sulfone groups is 1. The molecule has 11 heteroatoms. The fraction of sp³-hybridized carbons (Fsp3) is 0.417. The largest absolute Gasteiger partial charge is 0.483 e. The van der Waals surface area contributed by atoms with Gasteiger partial charge >= 0.3 is 5.97 Å². The van der Waals surface area contributed by atoms with Crippen molar-refractivity contribution in [3.8, 4) is 5.75 Å². The van der Waals surface area contributed by atoms with Crippen molar-refractivity contribution in [2.24, 2.45) is 0 Å². The number of hydrogen-bond acceptors (Lipinski definition) is 6. The van der Waals surface area contributed by atoms with Crippen molar-refractivity contribution in [1.29, 1.82) is 0 Å². The summed E-state index contributed by atoms with van der Waals surface area (Å²) in [5.74, 6) is -3.42. The molecule has 0 spiro atoms. The third kappa shape index (κ3) is 7.65. The molecule has 0 aromatic heterocycles. The van der Waals surface area contributed by atoms with Crippen molar-refractivity contribution in [2.45, 2.75) is 38.2 Å². The zero-order valence-corrected chi connectivity index (χ0v) is 21.1. The van der Waals surface area contributed by atoms with Crippen molar-refractivity contribution >= 4 is 33.3 Å². The molecule has 0 bridgehead atoms. The molecular weight excluding hydrogens is 499 g/mol. The molecule has 1 fully saturated rings. The molecule has 1 aliphatic heterocycles. The highest BCUT2D eigenvalue weighted by atomic mass is 35.5. The van der Waals surface area contributed by atoms with E-state index in [1.165, 1.54) is 30.3 Å². The molecular formula is C24H28ClFN2O6S. The van der Waals surface area contributed by atoms with Crippen LogP contribution in [-0.4, -0.2) is 72.7 Å². The van der Waals surface area contributed by atoms with E-state index < -0.39 is 27.3 Å². The summed E-state index contributed by atoms with van der Waals surface area (Å²) >= 11 is 6.02. The van der Waals surface area contributed by atoms with Gasteiger partial charge in [-0.15, -0.1) is 0 Å². The molecule has 2 aromatic carbocycles. The van der Waals surface area contributed by atoms with Crippen LogP contribution in [0.2, 0.25) is 5.02 Å². The second kappa shape index (κ2) is 11.4. The summed E-state index contributed by atoms with van der Waals surface area (Å²) in [5.41, 5.74) is 1.22. The normalized spacial score (nSPS) is 18.9.